The number of carboxylic acids is 1. The predicted molar refractivity (Wildman–Crippen MR) is 139 cm³/mol. The van der Waals surface area contributed by atoms with Crippen LogP contribution in [0.15, 0.2) is 54.6 Å². The molecule has 1 amide bonds. The van der Waals surface area contributed by atoms with E-state index in [4.69, 9.17) is 19.3 Å². The average Bonchev–Trinajstić information content (AvgIpc) is 2.83. The highest BCUT2D eigenvalue weighted by Crippen LogP contribution is 2.18. The van der Waals surface area contributed by atoms with Crippen molar-refractivity contribution >= 4 is 24.0 Å². The van der Waals surface area contributed by atoms with Gasteiger partial charge in [0.15, 0.2) is 0 Å². The lowest BCUT2D eigenvalue weighted by Crippen LogP contribution is -2.30. The van der Waals surface area contributed by atoms with E-state index in [0.717, 1.165) is 0 Å². The third-order valence-electron chi connectivity index (χ3n) is 4.90. The normalized spacial score (nSPS) is 11.8. The van der Waals surface area contributed by atoms with Crippen LogP contribution >= 0.6 is 0 Å². The van der Waals surface area contributed by atoms with Crippen LogP contribution in [0.4, 0.5) is 4.79 Å². The van der Waals surface area contributed by atoms with Crippen LogP contribution in [0.3, 0.4) is 0 Å². The number of amides is 1. The Morgan fingerprint density at radius 2 is 1.41 bits per heavy atom. The molecule has 0 saturated heterocycles. The number of carbonyl (C=O) groups is 4. The van der Waals surface area contributed by atoms with Crippen LogP contribution in [0.5, 0.6) is 0 Å². The minimum atomic E-state index is -1.09. The van der Waals surface area contributed by atoms with Crippen LogP contribution in [0.2, 0.25) is 0 Å². The van der Waals surface area contributed by atoms with Gasteiger partial charge in [-0.15, -0.1) is 0 Å². The van der Waals surface area contributed by atoms with Gasteiger partial charge < -0.3 is 24.6 Å². The Kier molecular flexibility index (Phi) is 14.1. The lowest BCUT2D eigenvalue weighted by Gasteiger charge is -2.17. The van der Waals surface area contributed by atoms with Gasteiger partial charge >= 0.3 is 18.1 Å². The molecule has 0 radical (unpaired) electrons. The summed E-state index contributed by atoms with van der Waals surface area (Å²) in [5, 5.41) is 11.0. The van der Waals surface area contributed by atoms with Crippen LogP contribution in [0.25, 0.3) is 11.1 Å². The highest BCUT2D eigenvalue weighted by atomic mass is 16.8. The van der Waals surface area contributed by atoms with Gasteiger partial charge in [0, 0.05) is 19.9 Å². The van der Waals surface area contributed by atoms with E-state index < -0.39 is 36.2 Å². The van der Waals surface area contributed by atoms with Gasteiger partial charge in [0.05, 0.1) is 18.4 Å². The molecule has 2 aromatic carbocycles. The maximum atomic E-state index is 11.8. The topological polar surface area (TPSA) is 128 Å². The highest BCUT2D eigenvalue weighted by Gasteiger charge is 2.20. The average molecular weight is 516 g/mol. The summed E-state index contributed by atoms with van der Waals surface area (Å²) >= 11 is 0. The smallest absolute Gasteiger partial charge is 0.481 e. The Hall–Kier alpha value is -3.88. The lowest BCUT2D eigenvalue weighted by molar-refractivity contribution is -0.173. The molecule has 0 aliphatic carbocycles. The zero-order chi connectivity index (χ0) is 27.8. The molecule has 0 bridgehead atoms. The summed E-state index contributed by atoms with van der Waals surface area (Å²) in [5.74, 6) is -2.56. The van der Waals surface area contributed by atoms with Crippen molar-refractivity contribution in [2.24, 2.45) is 5.92 Å². The number of carbonyl (C=O) groups excluding carboxylic acids is 3. The number of hydrogen-bond donors (Lipinski definition) is 2. The Morgan fingerprint density at radius 3 is 1.97 bits per heavy atom. The second kappa shape index (κ2) is 16.7. The summed E-state index contributed by atoms with van der Waals surface area (Å²) in [6.07, 6.45) is -2.41. The standard InChI is InChI=1S/C15H25NO8.C13H12/c1-9(2)22-15(21)24-11(4)23-14(20)10(3)7-8-16-12(17)5-6-13(18)19;1-11-7-9-13(10-8-11)12-5-3-2-4-6-12/h9-11H,5-8H2,1-4H3,(H,16,17)(H,18,19);2-10H,1H3. The van der Waals surface area contributed by atoms with Crippen LogP contribution in [0.1, 0.15) is 52.5 Å². The van der Waals surface area contributed by atoms with Crippen molar-refractivity contribution in [2.75, 3.05) is 6.54 Å². The quantitative estimate of drug-likeness (QED) is 0.312. The molecule has 37 heavy (non-hydrogen) atoms. The molecule has 2 aromatic rings. The fourth-order valence-electron chi connectivity index (χ4n) is 2.89. The van der Waals surface area contributed by atoms with E-state index in [1.165, 1.54) is 23.6 Å². The number of aliphatic carboxylic acids is 1. The van der Waals surface area contributed by atoms with E-state index in [2.05, 4.69) is 60.8 Å². The molecule has 0 heterocycles. The summed E-state index contributed by atoms with van der Waals surface area (Å²) < 4.78 is 14.5. The number of benzene rings is 2. The van der Waals surface area contributed by atoms with Crippen molar-refractivity contribution in [3.05, 3.63) is 60.2 Å². The van der Waals surface area contributed by atoms with E-state index in [0.29, 0.717) is 6.42 Å². The van der Waals surface area contributed by atoms with Crippen LogP contribution in [0, 0.1) is 12.8 Å². The first-order valence-corrected chi connectivity index (χ1v) is 12.2. The van der Waals surface area contributed by atoms with Gasteiger partial charge in [-0.3, -0.25) is 14.4 Å². The molecular formula is C28H37NO8. The fraction of sp³-hybridized carbons (Fsp3) is 0.429. The first-order valence-electron chi connectivity index (χ1n) is 12.2. The molecule has 202 valence electrons. The molecule has 0 spiro atoms. The van der Waals surface area contributed by atoms with Crippen molar-refractivity contribution < 1.29 is 38.5 Å². The number of esters is 1. The molecule has 0 fully saturated rings. The largest absolute Gasteiger partial charge is 0.511 e. The maximum absolute atomic E-state index is 11.8. The number of hydrogen-bond acceptors (Lipinski definition) is 7. The van der Waals surface area contributed by atoms with E-state index in [9.17, 15) is 19.2 Å². The van der Waals surface area contributed by atoms with Crippen LogP contribution in [-0.2, 0) is 28.6 Å². The Labute approximate surface area is 218 Å². The van der Waals surface area contributed by atoms with E-state index in [1.807, 2.05) is 6.07 Å². The highest BCUT2D eigenvalue weighted by molar-refractivity contribution is 5.80. The molecule has 0 aliphatic heterocycles. The van der Waals surface area contributed by atoms with Crippen molar-refractivity contribution in [1.82, 2.24) is 5.32 Å². The van der Waals surface area contributed by atoms with Gasteiger partial charge in [-0.2, -0.15) is 0 Å². The van der Waals surface area contributed by atoms with Crippen LogP contribution < -0.4 is 5.32 Å². The molecule has 9 nitrogen and oxygen atoms in total. The molecule has 2 rings (SSSR count). The third kappa shape index (κ3) is 14.3. The number of carboxylic acid groups (broad SMARTS) is 1. The van der Waals surface area contributed by atoms with E-state index in [1.54, 1.807) is 20.8 Å². The van der Waals surface area contributed by atoms with Crippen molar-refractivity contribution in [2.45, 2.75) is 66.3 Å². The Balaban J connectivity index is 0.000000435. The fourth-order valence-corrected chi connectivity index (χ4v) is 2.89. The molecule has 0 saturated carbocycles. The Morgan fingerprint density at radius 1 is 0.811 bits per heavy atom. The summed E-state index contributed by atoms with van der Waals surface area (Å²) in [6.45, 7) is 8.62. The first-order chi connectivity index (χ1) is 17.5. The lowest BCUT2D eigenvalue weighted by atomic mass is 10.0. The Bertz CT molecular complexity index is 989. The predicted octanol–water partition coefficient (Wildman–Crippen LogP) is 5.11. The summed E-state index contributed by atoms with van der Waals surface area (Å²) in [7, 11) is 0. The van der Waals surface area contributed by atoms with Crippen LogP contribution in [-0.4, -0.2) is 48.0 Å². The summed E-state index contributed by atoms with van der Waals surface area (Å²) in [4.78, 5) is 44.7. The van der Waals surface area contributed by atoms with Crippen molar-refractivity contribution in [3.63, 3.8) is 0 Å². The first kappa shape index (κ1) is 31.2. The number of rotatable bonds is 11. The van der Waals surface area contributed by atoms with Gasteiger partial charge in [-0.1, -0.05) is 67.1 Å². The van der Waals surface area contributed by atoms with E-state index in [-0.39, 0.29) is 25.5 Å². The number of ether oxygens (including phenoxy) is 3. The zero-order valence-electron chi connectivity index (χ0n) is 22.1. The number of nitrogens with one attached hydrogen (secondary N) is 1. The summed E-state index contributed by atoms with van der Waals surface area (Å²) in [6, 6.07) is 19.0. The number of aryl methyl sites for hydroxylation is 1. The third-order valence-corrected chi connectivity index (χ3v) is 4.90. The molecule has 2 N–H and O–H groups in total. The molecule has 0 aromatic heterocycles. The second-order valence-electron chi connectivity index (χ2n) is 8.70. The zero-order valence-corrected chi connectivity index (χ0v) is 22.1. The van der Waals surface area contributed by atoms with Crippen molar-refractivity contribution in [1.29, 1.82) is 0 Å². The van der Waals surface area contributed by atoms with Gasteiger partial charge in [0.2, 0.25) is 12.2 Å². The minimum Gasteiger partial charge on any atom is -0.481 e. The van der Waals surface area contributed by atoms with Gasteiger partial charge in [-0.05, 0) is 38.3 Å². The molecular weight excluding hydrogens is 478 g/mol. The summed E-state index contributed by atoms with van der Waals surface area (Å²) in [5.41, 5.74) is 3.87. The van der Waals surface area contributed by atoms with E-state index >= 15 is 0 Å². The molecule has 9 heteroatoms. The monoisotopic (exact) mass is 515 g/mol. The minimum absolute atomic E-state index is 0.114. The van der Waals surface area contributed by atoms with Gasteiger partial charge in [0.1, 0.15) is 0 Å². The molecule has 0 aliphatic rings. The van der Waals surface area contributed by atoms with Gasteiger partial charge in [-0.25, -0.2) is 4.79 Å². The molecule has 2 unspecified atom stereocenters. The molecule has 2 atom stereocenters. The SMILES string of the molecule is CC(C)OC(=O)OC(C)OC(=O)C(C)CCNC(=O)CCC(=O)O.Cc1ccc(-c2ccccc2)cc1. The van der Waals surface area contributed by atoms with Crippen molar-refractivity contribution in [3.8, 4) is 11.1 Å². The maximum Gasteiger partial charge on any atom is 0.511 e. The van der Waals surface area contributed by atoms with Gasteiger partial charge in [0.25, 0.3) is 0 Å². The second-order valence-corrected chi connectivity index (χ2v) is 8.70.